The molecule has 2 atom stereocenters. The highest BCUT2D eigenvalue weighted by molar-refractivity contribution is 7.74. The van der Waals surface area contributed by atoms with Crippen molar-refractivity contribution in [1.29, 1.82) is 0 Å². The van der Waals surface area contributed by atoms with Crippen molar-refractivity contribution in [2.24, 2.45) is 5.73 Å². The maximum absolute atomic E-state index is 11.4. The predicted molar refractivity (Wildman–Crippen MR) is 65.6 cm³/mol. The third-order valence-electron chi connectivity index (χ3n) is 2.28. The lowest BCUT2D eigenvalue weighted by Crippen LogP contribution is -2.37. The van der Waals surface area contributed by atoms with E-state index in [-0.39, 0.29) is 11.3 Å². The van der Waals surface area contributed by atoms with Gasteiger partial charge in [0.25, 0.3) is 0 Å². The molecule has 0 aliphatic heterocycles. The summed E-state index contributed by atoms with van der Waals surface area (Å²) in [7, 11) is 1.22. The summed E-state index contributed by atoms with van der Waals surface area (Å²) in [6, 6.07) is 4.29. The summed E-state index contributed by atoms with van der Waals surface area (Å²) < 4.78 is 28.5. The zero-order valence-electron chi connectivity index (χ0n) is 9.88. The van der Waals surface area contributed by atoms with E-state index in [1.54, 1.807) is 0 Å². The van der Waals surface area contributed by atoms with Gasteiger partial charge in [0, 0.05) is 11.3 Å². The van der Waals surface area contributed by atoms with Crippen LogP contribution in [0, 0.1) is 0 Å². The van der Waals surface area contributed by atoms with Gasteiger partial charge in [-0.15, -0.1) is 0 Å². The fourth-order valence-electron chi connectivity index (χ4n) is 1.35. The molecule has 1 aromatic carbocycles. The molecule has 2 unspecified atom stereocenters. The van der Waals surface area contributed by atoms with Crippen molar-refractivity contribution in [3.05, 3.63) is 29.3 Å². The Labute approximate surface area is 107 Å². The first-order valence-electron chi connectivity index (χ1n) is 4.85. The average Bonchev–Trinajstić information content (AvgIpc) is 2.26. The highest BCUT2D eigenvalue weighted by Gasteiger charge is 2.26. The molecule has 7 nitrogen and oxygen atoms in total. The monoisotopic (exact) mass is 274 g/mol. The molecular formula is C10H14N2O5S. The second kappa shape index (κ2) is 5.44. The van der Waals surface area contributed by atoms with E-state index >= 15 is 0 Å². The minimum atomic E-state index is -2.53. The van der Waals surface area contributed by atoms with Crippen molar-refractivity contribution < 1.29 is 22.5 Å². The molecule has 1 rings (SSSR count). The van der Waals surface area contributed by atoms with Crippen molar-refractivity contribution in [2.75, 3.05) is 12.8 Å². The van der Waals surface area contributed by atoms with Gasteiger partial charge in [-0.05, 0) is 19.1 Å². The standard InChI is InChI=1S/C10H14N2O5S/c1-10(12,17-18(14)15)6-3-4-8(11)7(5-6)9(13)16-2/h3-5H,11-12H2,1-2H3,(H,14,15). The molecule has 5 N–H and O–H groups in total. The van der Waals surface area contributed by atoms with Crippen LogP contribution in [-0.2, 0) is 26.0 Å². The second-order valence-electron chi connectivity index (χ2n) is 3.70. The Kier molecular flexibility index (Phi) is 4.41. The molecule has 0 heterocycles. The molecule has 8 heteroatoms. The van der Waals surface area contributed by atoms with E-state index in [2.05, 4.69) is 8.92 Å². The summed E-state index contributed by atoms with van der Waals surface area (Å²) in [5.74, 6) is -0.629. The van der Waals surface area contributed by atoms with Gasteiger partial charge in [0.05, 0.1) is 12.7 Å². The maximum atomic E-state index is 11.4. The molecule has 0 fully saturated rings. The van der Waals surface area contributed by atoms with Gasteiger partial charge in [-0.3, -0.25) is 10.3 Å². The third-order valence-corrected chi connectivity index (χ3v) is 2.76. The normalized spacial score (nSPS) is 15.8. The summed E-state index contributed by atoms with van der Waals surface area (Å²) in [6.45, 7) is 1.38. The number of anilines is 1. The van der Waals surface area contributed by atoms with E-state index < -0.39 is 23.1 Å². The molecule has 100 valence electrons. The van der Waals surface area contributed by atoms with E-state index in [0.29, 0.717) is 5.56 Å². The van der Waals surface area contributed by atoms with Crippen molar-refractivity contribution in [1.82, 2.24) is 0 Å². The summed E-state index contributed by atoms with van der Waals surface area (Å²) in [6.07, 6.45) is 0. The summed E-state index contributed by atoms with van der Waals surface area (Å²) >= 11 is -2.53. The lowest BCUT2D eigenvalue weighted by atomic mass is 10.0. The summed E-state index contributed by atoms with van der Waals surface area (Å²) in [5, 5.41) is 0. The SMILES string of the molecule is COC(=O)c1cc(C(C)(N)OS(=O)O)ccc1N. The number of hydrogen-bond donors (Lipinski definition) is 3. The van der Waals surface area contributed by atoms with Crippen molar-refractivity contribution in [2.45, 2.75) is 12.6 Å². The van der Waals surface area contributed by atoms with Crippen molar-refractivity contribution >= 4 is 23.0 Å². The maximum Gasteiger partial charge on any atom is 0.339 e. The van der Waals surface area contributed by atoms with Crippen molar-refractivity contribution in [3.8, 4) is 0 Å². The number of nitrogen functional groups attached to an aromatic ring is 1. The number of ether oxygens (including phenoxy) is 1. The molecule has 18 heavy (non-hydrogen) atoms. The molecule has 0 amide bonds. The van der Waals surface area contributed by atoms with Crippen LogP contribution in [0.5, 0.6) is 0 Å². The number of esters is 1. The molecule has 0 spiro atoms. The fourth-order valence-corrected chi connectivity index (χ4v) is 1.74. The molecule has 1 aromatic rings. The molecular weight excluding hydrogens is 260 g/mol. The van der Waals surface area contributed by atoms with Crippen LogP contribution in [0.1, 0.15) is 22.8 Å². The lowest BCUT2D eigenvalue weighted by molar-refractivity contribution is 0.0601. The average molecular weight is 274 g/mol. The fraction of sp³-hybridized carbons (Fsp3) is 0.300. The number of carbonyl (C=O) groups is 1. The van der Waals surface area contributed by atoms with Crippen LogP contribution in [0.2, 0.25) is 0 Å². The number of hydrogen-bond acceptors (Lipinski definition) is 6. The van der Waals surface area contributed by atoms with Gasteiger partial charge >= 0.3 is 17.3 Å². The zero-order chi connectivity index (χ0) is 13.9. The van der Waals surface area contributed by atoms with Gasteiger partial charge < -0.3 is 10.5 Å². The van der Waals surface area contributed by atoms with Crippen molar-refractivity contribution in [3.63, 3.8) is 0 Å². The first-order valence-corrected chi connectivity index (χ1v) is 5.88. The molecule has 0 saturated heterocycles. The number of carbonyl (C=O) groups excluding carboxylic acids is 1. The largest absolute Gasteiger partial charge is 0.465 e. The number of methoxy groups -OCH3 is 1. The van der Waals surface area contributed by atoms with Gasteiger partial charge in [-0.1, -0.05) is 6.07 Å². The van der Waals surface area contributed by atoms with Gasteiger partial charge in [-0.2, -0.15) is 4.21 Å². The zero-order valence-corrected chi connectivity index (χ0v) is 10.7. The Morgan fingerprint density at radius 1 is 1.50 bits per heavy atom. The number of rotatable bonds is 4. The minimum Gasteiger partial charge on any atom is -0.465 e. The highest BCUT2D eigenvalue weighted by Crippen LogP contribution is 2.24. The second-order valence-corrected chi connectivity index (χ2v) is 4.30. The molecule has 0 bridgehead atoms. The van der Waals surface area contributed by atoms with Crippen LogP contribution < -0.4 is 11.5 Å². The lowest BCUT2D eigenvalue weighted by Gasteiger charge is -2.23. The van der Waals surface area contributed by atoms with Crippen LogP contribution in [-0.4, -0.2) is 21.8 Å². The molecule has 0 radical (unpaired) electrons. The Balaban J connectivity index is 3.19. The van der Waals surface area contributed by atoms with Crippen LogP contribution in [0.25, 0.3) is 0 Å². The summed E-state index contributed by atoms with van der Waals surface area (Å²) in [5.41, 5.74) is 10.5. The third kappa shape index (κ3) is 3.26. The van der Waals surface area contributed by atoms with E-state index in [0.717, 1.165) is 0 Å². The summed E-state index contributed by atoms with van der Waals surface area (Å²) in [4.78, 5) is 11.4. The van der Waals surface area contributed by atoms with Crippen LogP contribution in [0.15, 0.2) is 18.2 Å². The smallest absolute Gasteiger partial charge is 0.339 e. The van der Waals surface area contributed by atoms with E-state index in [4.69, 9.17) is 16.0 Å². The number of benzene rings is 1. The molecule has 0 aliphatic rings. The Morgan fingerprint density at radius 2 is 2.11 bits per heavy atom. The van der Waals surface area contributed by atoms with Gasteiger partial charge in [0.1, 0.15) is 0 Å². The molecule has 0 saturated carbocycles. The first-order chi connectivity index (χ1) is 8.27. The van der Waals surface area contributed by atoms with Gasteiger partial charge in [0.15, 0.2) is 5.72 Å². The first kappa shape index (κ1) is 14.6. The van der Waals surface area contributed by atoms with Gasteiger partial charge in [0.2, 0.25) is 0 Å². The van der Waals surface area contributed by atoms with Crippen LogP contribution in [0.3, 0.4) is 0 Å². The van der Waals surface area contributed by atoms with Crippen LogP contribution in [0.4, 0.5) is 5.69 Å². The Hall–Kier alpha value is -1.48. The Morgan fingerprint density at radius 3 is 2.61 bits per heavy atom. The number of nitrogens with two attached hydrogens (primary N) is 2. The predicted octanol–water partition coefficient (Wildman–Crippen LogP) is 0.340. The molecule has 0 aromatic heterocycles. The Bertz CT molecular complexity index is 489. The molecule has 0 aliphatic carbocycles. The van der Waals surface area contributed by atoms with Gasteiger partial charge in [-0.25, -0.2) is 8.98 Å². The quantitative estimate of drug-likeness (QED) is 0.313. The topological polar surface area (TPSA) is 125 Å². The highest BCUT2D eigenvalue weighted by atomic mass is 32.2. The van der Waals surface area contributed by atoms with E-state index in [1.165, 1.54) is 32.2 Å². The minimum absolute atomic E-state index is 0.110. The van der Waals surface area contributed by atoms with Crippen LogP contribution >= 0.6 is 0 Å². The van der Waals surface area contributed by atoms with E-state index in [9.17, 15) is 9.00 Å². The van der Waals surface area contributed by atoms with E-state index in [1.807, 2.05) is 0 Å².